The molecule has 4 heteroatoms. The summed E-state index contributed by atoms with van der Waals surface area (Å²) in [6.45, 7) is 4.62. The average molecular weight is 272 g/mol. The predicted molar refractivity (Wildman–Crippen MR) is 74.8 cm³/mol. The molecule has 18 heavy (non-hydrogen) atoms. The van der Waals surface area contributed by atoms with Crippen molar-refractivity contribution in [1.82, 2.24) is 4.90 Å². The minimum atomic E-state index is -0.545. The van der Waals surface area contributed by atoms with Gasteiger partial charge in [-0.1, -0.05) is 36.7 Å². The zero-order chi connectivity index (χ0) is 13.4. The van der Waals surface area contributed by atoms with Crippen LogP contribution in [0.25, 0.3) is 0 Å². The first-order chi connectivity index (χ1) is 8.69. The highest BCUT2D eigenvalue weighted by Gasteiger charge is 2.12. The maximum Gasteiger partial charge on any atom is 0.0816 e. The molecule has 0 heterocycles. The molecule has 1 rings (SSSR count). The van der Waals surface area contributed by atoms with E-state index in [4.69, 9.17) is 16.7 Å². The van der Waals surface area contributed by atoms with Gasteiger partial charge in [0.15, 0.2) is 0 Å². The molecule has 102 valence electrons. The van der Waals surface area contributed by atoms with Crippen LogP contribution in [0, 0.1) is 0 Å². The minimum Gasteiger partial charge on any atom is -0.395 e. The van der Waals surface area contributed by atoms with Gasteiger partial charge in [0.1, 0.15) is 0 Å². The van der Waals surface area contributed by atoms with Gasteiger partial charge in [-0.2, -0.15) is 0 Å². The molecule has 3 nitrogen and oxygen atoms in total. The van der Waals surface area contributed by atoms with Crippen LogP contribution >= 0.6 is 11.6 Å². The topological polar surface area (TPSA) is 43.7 Å². The monoisotopic (exact) mass is 271 g/mol. The second kappa shape index (κ2) is 8.48. The van der Waals surface area contributed by atoms with E-state index in [2.05, 4.69) is 11.8 Å². The fourth-order valence-electron chi connectivity index (χ4n) is 2.00. The van der Waals surface area contributed by atoms with E-state index in [0.29, 0.717) is 18.0 Å². The Kier molecular flexibility index (Phi) is 7.28. The molecule has 0 aliphatic heterocycles. The maximum atomic E-state index is 10.1. The summed E-state index contributed by atoms with van der Waals surface area (Å²) in [4.78, 5) is 2.15. The van der Waals surface area contributed by atoms with Gasteiger partial charge < -0.3 is 15.1 Å². The summed E-state index contributed by atoms with van der Waals surface area (Å²) in [5.74, 6) is 0. The molecule has 1 unspecified atom stereocenters. The first-order valence-corrected chi connectivity index (χ1v) is 6.82. The molecule has 0 saturated carbocycles. The Morgan fingerprint density at radius 2 is 1.94 bits per heavy atom. The van der Waals surface area contributed by atoms with Crippen molar-refractivity contribution in [2.24, 2.45) is 0 Å². The van der Waals surface area contributed by atoms with Crippen LogP contribution in [-0.4, -0.2) is 41.4 Å². The number of hydrogen-bond acceptors (Lipinski definition) is 3. The minimum absolute atomic E-state index is 0.155. The standard InChI is InChI=1S/C14H22ClNO2/c1-2-8-16(10-11-17)9-7-14(18)12-5-3-4-6-13(12)15/h3-6,14,17-18H,2,7-11H2,1H3. The van der Waals surface area contributed by atoms with E-state index >= 15 is 0 Å². The highest BCUT2D eigenvalue weighted by Crippen LogP contribution is 2.24. The molecule has 0 spiro atoms. The summed E-state index contributed by atoms with van der Waals surface area (Å²) in [7, 11) is 0. The van der Waals surface area contributed by atoms with E-state index in [0.717, 1.165) is 25.1 Å². The molecule has 2 N–H and O–H groups in total. The molecule has 0 saturated heterocycles. The Morgan fingerprint density at radius 3 is 2.56 bits per heavy atom. The van der Waals surface area contributed by atoms with Gasteiger partial charge in [-0.3, -0.25) is 0 Å². The first-order valence-electron chi connectivity index (χ1n) is 6.44. The molecular formula is C14H22ClNO2. The first kappa shape index (κ1) is 15.4. The Hall–Kier alpha value is -0.610. The van der Waals surface area contributed by atoms with Gasteiger partial charge in [0, 0.05) is 18.1 Å². The summed E-state index contributed by atoms with van der Waals surface area (Å²) in [6.07, 6.45) is 1.13. The van der Waals surface area contributed by atoms with Gasteiger partial charge in [0.2, 0.25) is 0 Å². The van der Waals surface area contributed by atoms with E-state index in [1.165, 1.54) is 0 Å². The van der Waals surface area contributed by atoms with Crippen molar-refractivity contribution in [2.75, 3.05) is 26.2 Å². The van der Waals surface area contributed by atoms with Crippen LogP contribution in [0.5, 0.6) is 0 Å². The maximum absolute atomic E-state index is 10.1. The van der Waals surface area contributed by atoms with Crippen LogP contribution in [0.4, 0.5) is 0 Å². The van der Waals surface area contributed by atoms with Crippen LogP contribution < -0.4 is 0 Å². The Balaban J connectivity index is 2.49. The van der Waals surface area contributed by atoms with Gasteiger partial charge in [-0.05, 0) is 31.0 Å². The third-order valence-corrected chi connectivity index (χ3v) is 3.28. The van der Waals surface area contributed by atoms with Crippen molar-refractivity contribution in [1.29, 1.82) is 0 Å². The molecule has 0 aromatic heterocycles. The van der Waals surface area contributed by atoms with E-state index in [-0.39, 0.29) is 6.61 Å². The average Bonchev–Trinajstić information content (AvgIpc) is 2.36. The Morgan fingerprint density at radius 1 is 1.22 bits per heavy atom. The van der Waals surface area contributed by atoms with Crippen molar-refractivity contribution in [3.8, 4) is 0 Å². The lowest BCUT2D eigenvalue weighted by Gasteiger charge is -2.22. The molecule has 1 aromatic carbocycles. The summed E-state index contributed by atoms with van der Waals surface area (Å²) < 4.78 is 0. The molecule has 1 aromatic rings. The van der Waals surface area contributed by atoms with Crippen molar-refractivity contribution in [2.45, 2.75) is 25.9 Å². The van der Waals surface area contributed by atoms with Crippen molar-refractivity contribution < 1.29 is 10.2 Å². The highest BCUT2D eigenvalue weighted by molar-refractivity contribution is 6.31. The summed E-state index contributed by atoms with van der Waals surface area (Å²) in [6, 6.07) is 7.37. The summed E-state index contributed by atoms with van der Waals surface area (Å²) in [5, 5.41) is 19.7. The Labute approximate surface area is 114 Å². The van der Waals surface area contributed by atoms with Crippen molar-refractivity contribution in [3.05, 3.63) is 34.9 Å². The second-order valence-corrected chi connectivity index (χ2v) is 4.80. The number of hydrogen-bond donors (Lipinski definition) is 2. The summed E-state index contributed by atoms with van der Waals surface area (Å²) >= 11 is 6.04. The van der Waals surface area contributed by atoms with Crippen molar-refractivity contribution in [3.63, 3.8) is 0 Å². The van der Waals surface area contributed by atoms with Gasteiger partial charge in [-0.25, -0.2) is 0 Å². The van der Waals surface area contributed by atoms with Crippen LogP contribution in [0.2, 0.25) is 5.02 Å². The predicted octanol–water partition coefficient (Wildman–Crippen LogP) is 2.47. The van der Waals surface area contributed by atoms with E-state index in [9.17, 15) is 5.11 Å². The number of benzene rings is 1. The van der Waals surface area contributed by atoms with E-state index < -0.39 is 6.10 Å². The number of halogens is 1. The van der Waals surface area contributed by atoms with E-state index in [1.54, 1.807) is 6.07 Å². The fourth-order valence-corrected chi connectivity index (χ4v) is 2.26. The smallest absolute Gasteiger partial charge is 0.0816 e. The van der Waals surface area contributed by atoms with Crippen LogP contribution in [0.1, 0.15) is 31.4 Å². The lowest BCUT2D eigenvalue weighted by Crippen LogP contribution is -2.29. The SMILES string of the molecule is CCCN(CCO)CCC(O)c1ccccc1Cl. The van der Waals surface area contributed by atoms with Gasteiger partial charge >= 0.3 is 0 Å². The normalized spacial score (nSPS) is 12.9. The molecule has 0 aliphatic carbocycles. The van der Waals surface area contributed by atoms with Gasteiger partial charge in [0.25, 0.3) is 0 Å². The Bertz CT molecular complexity index is 340. The van der Waals surface area contributed by atoms with Gasteiger partial charge in [0.05, 0.1) is 12.7 Å². The molecule has 0 bridgehead atoms. The van der Waals surface area contributed by atoms with Crippen LogP contribution in [0.3, 0.4) is 0 Å². The van der Waals surface area contributed by atoms with Gasteiger partial charge in [-0.15, -0.1) is 0 Å². The van der Waals surface area contributed by atoms with Crippen molar-refractivity contribution >= 4 is 11.6 Å². The lowest BCUT2D eigenvalue weighted by atomic mass is 10.1. The number of rotatable bonds is 8. The molecule has 0 amide bonds. The summed E-state index contributed by atoms with van der Waals surface area (Å²) in [5.41, 5.74) is 0.777. The van der Waals surface area contributed by atoms with Crippen LogP contribution in [0.15, 0.2) is 24.3 Å². The van der Waals surface area contributed by atoms with Crippen LogP contribution in [-0.2, 0) is 0 Å². The molecule has 0 fully saturated rings. The largest absolute Gasteiger partial charge is 0.395 e. The molecule has 0 aliphatic rings. The highest BCUT2D eigenvalue weighted by atomic mass is 35.5. The number of nitrogens with zero attached hydrogens (tertiary/aromatic N) is 1. The fraction of sp³-hybridized carbons (Fsp3) is 0.571. The second-order valence-electron chi connectivity index (χ2n) is 4.39. The lowest BCUT2D eigenvalue weighted by molar-refractivity contribution is 0.131. The third-order valence-electron chi connectivity index (χ3n) is 2.94. The zero-order valence-corrected chi connectivity index (χ0v) is 11.6. The quantitative estimate of drug-likeness (QED) is 0.763. The number of aliphatic hydroxyl groups excluding tert-OH is 2. The number of aliphatic hydroxyl groups is 2. The van der Waals surface area contributed by atoms with E-state index in [1.807, 2.05) is 18.2 Å². The molecular weight excluding hydrogens is 250 g/mol. The molecule has 1 atom stereocenters. The molecule has 0 radical (unpaired) electrons. The zero-order valence-electron chi connectivity index (χ0n) is 10.8. The third kappa shape index (κ3) is 4.94.